The molecule has 0 fully saturated rings. The minimum Gasteiger partial charge on any atom is -0.184 e. The van der Waals surface area contributed by atoms with Crippen molar-refractivity contribution in [2.45, 2.75) is 24.3 Å². The molecule has 2 unspecified atom stereocenters. The topological polar surface area (TPSA) is 11.6 Å². The second-order valence-electron chi connectivity index (χ2n) is 19.2. The number of rotatable bonds is 0. The van der Waals surface area contributed by atoms with E-state index in [0.29, 0.717) is 0 Å². The van der Waals surface area contributed by atoms with E-state index in [1.54, 1.807) is 0 Å². The molecule has 2 spiro atoms. The van der Waals surface area contributed by atoms with Crippen LogP contribution in [0.15, 0.2) is 213 Å². The van der Waals surface area contributed by atoms with Crippen molar-refractivity contribution in [2.75, 3.05) is 0 Å². The maximum Gasteiger partial charge on any atom is 0.288 e. The van der Waals surface area contributed by atoms with Gasteiger partial charge in [-0.2, -0.15) is 13.7 Å². The molecule has 0 saturated carbocycles. The monoisotopic (exact) mass is 838 g/mol. The summed E-state index contributed by atoms with van der Waals surface area (Å²) in [5.74, 6) is 0. The predicted octanol–water partition coefficient (Wildman–Crippen LogP) is 12.5. The molecular formula is C63H40N3+3. The quantitative estimate of drug-likeness (QED) is 0.135. The van der Waals surface area contributed by atoms with E-state index in [9.17, 15) is 0 Å². The van der Waals surface area contributed by atoms with Gasteiger partial charge in [-0.15, -0.1) is 0 Å². The van der Waals surface area contributed by atoms with Gasteiger partial charge in [-0.05, 0) is 117 Å². The van der Waals surface area contributed by atoms with Crippen LogP contribution in [0.25, 0.3) is 95.3 Å². The highest BCUT2D eigenvalue weighted by Crippen LogP contribution is 2.61. The summed E-state index contributed by atoms with van der Waals surface area (Å²) >= 11 is 0. The smallest absolute Gasteiger partial charge is 0.184 e. The first-order chi connectivity index (χ1) is 32.6. The Balaban J connectivity index is 1.26. The summed E-state index contributed by atoms with van der Waals surface area (Å²) < 4.78 is 7.85. The normalized spacial score (nSPS) is 21.1. The molecule has 0 N–H and O–H groups in total. The zero-order valence-corrected chi connectivity index (χ0v) is 36.3. The first-order valence-electron chi connectivity index (χ1n) is 23.3. The van der Waals surface area contributed by atoms with Crippen molar-refractivity contribution >= 4 is 28.1 Å². The van der Waals surface area contributed by atoms with Crippen molar-refractivity contribution in [1.29, 1.82) is 0 Å². The molecule has 0 radical (unpaired) electrons. The second kappa shape index (κ2) is 12.1. The maximum atomic E-state index is 2.76. The van der Waals surface area contributed by atoms with Crippen LogP contribution in [0.1, 0.15) is 38.9 Å². The average molecular weight is 839 g/mol. The van der Waals surface area contributed by atoms with Gasteiger partial charge in [0.2, 0.25) is 22.6 Å². The number of aryl methyl sites for hydroxylation is 1. The molecule has 12 bridgehead atoms. The van der Waals surface area contributed by atoms with Gasteiger partial charge >= 0.3 is 0 Å². The molecule has 8 aliphatic rings. The summed E-state index contributed by atoms with van der Waals surface area (Å²) in [5, 5.41) is 0. The van der Waals surface area contributed by atoms with E-state index < -0.39 is 11.0 Å². The maximum absolute atomic E-state index is 2.76. The molecule has 6 aromatic carbocycles. The lowest BCUT2D eigenvalue weighted by Crippen LogP contribution is -2.61. The van der Waals surface area contributed by atoms with Crippen LogP contribution in [0.5, 0.6) is 0 Å². The van der Waals surface area contributed by atoms with E-state index in [4.69, 9.17) is 0 Å². The molecule has 3 aromatic heterocycles. The van der Waals surface area contributed by atoms with Crippen molar-refractivity contribution in [1.82, 2.24) is 0 Å². The van der Waals surface area contributed by atoms with E-state index in [-0.39, 0.29) is 0 Å². The largest absolute Gasteiger partial charge is 0.288 e. The van der Waals surface area contributed by atoms with E-state index >= 15 is 0 Å². The molecule has 0 amide bonds. The Morgan fingerprint density at radius 3 is 1.83 bits per heavy atom. The van der Waals surface area contributed by atoms with Crippen LogP contribution in [0, 0.1) is 6.92 Å². The first kappa shape index (κ1) is 35.1. The van der Waals surface area contributed by atoms with Crippen LogP contribution in [0.3, 0.4) is 0 Å². The number of hydrogen-bond donors (Lipinski definition) is 0. The Hall–Kier alpha value is -8.27. The lowest BCUT2D eigenvalue weighted by atomic mass is 9.59. The summed E-state index contributed by atoms with van der Waals surface area (Å²) in [7, 11) is 0. The van der Waals surface area contributed by atoms with Crippen molar-refractivity contribution in [3.8, 4) is 67.2 Å². The van der Waals surface area contributed by atoms with Gasteiger partial charge in [-0.25, -0.2) is 0 Å². The minimum atomic E-state index is -0.834. The van der Waals surface area contributed by atoms with Crippen molar-refractivity contribution < 1.29 is 13.7 Å². The first-order valence-corrected chi connectivity index (χ1v) is 23.3. The van der Waals surface area contributed by atoms with Gasteiger partial charge < -0.3 is 0 Å². The van der Waals surface area contributed by atoms with Crippen molar-refractivity contribution in [3.05, 3.63) is 252 Å². The van der Waals surface area contributed by atoms with Crippen molar-refractivity contribution in [3.63, 3.8) is 0 Å². The van der Waals surface area contributed by atoms with Gasteiger partial charge in [-0.3, -0.25) is 0 Å². The summed E-state index contributed by atoms with van der Waals surface area (Å²) in [6.45, 7) is 2.31. The molecule has 9 aromatic rings. The van der Waals surface area contributed by atoms with Gasteiger partial charge in [0.05, 0.1) is 16.7 Å². The third-order valence-electron chi connectivity index (χ3n) is 16.1. The average Bonchev–Trinajstić information content (AvgIpc) is 3.67. The molecule has 2 atom stereocenters. The fourth-order valence-electron chi connectivity index (χ4n) is 13.3. The third kappa shape index (κ3) is 4.14. The lowest BCUT2D eigenvalue weighted by Gasteiger charge is -2.43. The summed E-state index contributed by atoms with van der Waals surface area (Å²) in [6, 6.07) is 67.2. The van der Waals surface area contributed by atoms with Crippen LogP contribution in [0.4, 0.5) is 0 Å². The minimum absolute atomic E-state index is 0.682. The van der Waals surface area contributed by atoms with Crippen molar-refractivity contribution in [2.24, 2.45) is 0 Å². The molecule has 304 valence electrons. The summed E-state index contributed by atoms with van der Waals surface area (Å²) in [6.07, 6.45) is 16.3. The molecule has 3 nitrogen and oxygen atoms in total. The number of hydrogen-bond acceptors (Lipinski definition) is 0. The number of aromatic nitrogens is 3. The fraction of sp³-hybridized carbons (Fsp3) is 0.0635. The van der Waals surface area contributed by atoms with Crippen LogP contribution in [-0.2, 0) is 17.4 Å². The second-order valence-corrected chi connectivity index (χ2v) is 19.2. The number of benzene rings is 6. The fourth-order valence-corrected chi connectivity index (χ4v) is 13.3. The van der Waals surface area contributed by atoms with E-state index in [0.717, 1.165) is 6.42 Å². The van der Waals surface area contributed by atoms with Gasteiger partial charge in [-0.1, -0.05) is 127 Å². The van der Waals surface area contributed by atoms with Gasteiger partial charge in [0, 0.05) is 52.4 Å². The van der Waals surface area contributed by atoms with E-state index in [2.05, 4.69) is 233 Å². The Labute approximate surface area is 383 Å². The lowest BCUT2D eigenvalue weighted by molar-refractivity contribution is -0.728. The van der Waals surface area contributed by atoms with Gasteiger partial charge in [0.1, 0.15) is 5.41 Å². The molecule has 66 heavy (non-hydrogen) atoms. The Morgan fingerprint density at radius 2 is 1.03 bits per heavy atom. The van der Waals surface area contributed by atoms with E-state index in [1.807, 2.05) is 0 Å². The highest BCUT2D eigenvalue weighted by atomic mass is 15.1. The zero-order chi connectivity index (χ0) is 43.0. The molecule has 1 aliphatic carbocycles. The molecule has 3 heteroatoms. The Bertz CT molecular complexity index is 3930. The van der Waals surface area contributed by atoms with Crippen LogP contribution in [0.2, 0.25) is 0 Å². The highest BCUT2D eigenvalue weighted by Gasteiger charge is 2.61. The summed E-state index contributed by atoms with van der Waals surface area (Å²) in [4.78, 5) is 0. The van der Waals surface area contributed by atoms with E-state index in [1.165, 1.54) is 134 Å². The molecule has 7 aliphatic heterocycles. The van der Waals surface area contributed by atoms with Crippen LogP contribution < -0.4 is 13.7 Å². The van der Waals surface area contributed by atoms with Gasteiger partial charge in [0.15, 0.2) is 18.6 Å². The SMILES string of the molecule is Cc1cc2[n+]3cc1-c1ccccc1C1=C/C4=C\C5(C(=C3c3ccccc3-2)[n+]2cc(ccc2-c2ccccc25)-c2ccccc24)/C2=C\C13Cc1ccccc1-c1ccc(c[n+]13)-c1ccccc12. The number of allylic oxidation sites excluding steroid dienone is 7. The highest BCUT2D eigenvalue weighted by molar-refractivity contribution is 6.08. The zero-order valence-electron chi connectivity index (χ0n) is 36.3. The molecule has 10 heterocycles. The van der Waals surface area contributed by atoms with Crippen LogP contribution in [-0.4, -0.2) is 0 Å². The predicted molar refractivity (Wildman–Crippen MR) is 263 cm³/mol. The van der Waals surface area contributed by atoms with Crippen LogP contribution >= 0.6 is 0 Å². The molecule has 17 rings (SSSR count). The third-order valence-corrected chi connectivity index (χ3v) is 16.1. The Kier molecular flexibility index (Phi) is 6.43. The number of nitrogens with zero attached hydrogens (tertiary/aromatic N) is 3. The number of pyridine rings is 3. The summed E-state index contributed by atoms with van der Waals surface area (Å²) in [5.41, 5.74) is 28.3. The van der Waals surface area contributed by atoms with Gasteiger partial charge in [0.25, 0.3) is 11.4 Å². The standard InChI is InChI=1S/C63H40N3/c1-38-30-59-50-22-10-11-23-51(50)60-61-63-33-42(45-17-5-4-15-43(45)40-26-28-57(65(61)35-40)52-24-12-13-25-54(52)63)31-55(49-21-9-7-19-47(49)53(38)37-64(59)60)62-32-39-14-2-3-18-46(39)58-29-27-41(36-66(58)62)44-16-6-8-20-48(44)56(63)34-62/h2-31,33-37H,32H2,1H3/q+3/b42-33+,55-31?,56-34-,61-60?. The number of fused-ring (bicyclic) bond motifs is 12. The molecular weight excluding hydrogens is 799 g/mol. The Morgan fingerprint density at radius 1 is 0.424 bits per heavy atom. The molecule has 0 saturated heterocycles.